The lowest BCUT2D eigenvalue weighted by atomic mass is 9.85. The van der Waals surface area contributed by atoms with Gasteiger partial charge < -0.3 is 9.80 Å². The molecule has 3 amide bonds. The van der Waals surface area contributed by atoms with E-state index in [2.05, 4.69) is 9.97 Å². The molecule has 4 rings (SSSR count). The highest BCUT2D eigenvalue weighted by atomic mass is 19.4. The van der Waals surface area contributed by atoms with E-state index in [4.69, 9.17) is 0 Å². The first-order chi connectivity index (χ1) is 20.6. The number of amides is 3. The molecule has 236 valence electrons. The van der Waals surface area contributed by atoms with Gasteiger partial charge in [-0.3, -0.25) is 9.69 Å². The molecule has 2 heterocycles. The van der Waals surface area contributed by atoms with Crippen LogP contribution in [0.2, 0.25) is 0 Å². The van der Waals surface area contributed by atoms with Crippen molar-refractivity contribution in [1.29, 1.82) is 0 Å². The molecular formula is C30H30F7N5O2. The molecule has 2 atom stereocenters. The van der Waals surface area contributed by atoms with E-state index in [1.807, 2.05) is 0 Å². The zero-order valence-corrected chi connectivity index (χ0v) is 24.1. The number of aryl methyl sites for hydroxylation is 1. The van der Waals surface area contributed by atoms with E-state index in [-0.39, 0.29) is 49.9 Å². The van der Waals surface area contributed by atoms with Gasteiger partial charge in [0.1, 0.15) is 18.0 Å². The summed E-state index contributed by atoms with van der Waals surface area (Å²) < 4.78 is 93.8. The number of urea groups is 1. The number of carbonyl (C=O) groups is 2. The molecule has 1 aromatic heterocycles. The van der Waals surface area contributed by atoms with Gasteiger partial charge >= 0.3 is 18.4 Å². The minimum Gasteiger partial charge on any atom is -0.327 e. The minimum atomic E-state index is -4.98. The van der Waals surface area contributed by atoms with Crippen LogP contribution < -0.4 is 4.90 Å². The number of nitrogens with zero attached hydrogens (tertiary/aromatic N) is 5. The van der Waals surface area contributed by atoms with E-state index in [0.717, 1.165) is 0 Å². The van der Waals surface area contributed by atoms with Crippen molar-refractivity contribution in [3.05, 3.63) is 88.6 Å². The topological polar surface area (TPSA) is 69.6 Å². The van der Waals surface area contributed by atoms with Crippen molar-refractivity contribution in [1.82, 2.24) is 19.8 Å². The first-order valence-electron chi connectivity index (χ1n) is 13.7. The lowest BCUT2D eigenvalue weighted by Crippen LogP contribution is -2.49. The van der Waals surface area contributed by atoms with Crippen LogP contribution in [0.25, 0.3) is 0 Å². The normalized spacial score (nSPS) is 17.4. The van der Waals surface area contributed by atoms with Gasteiger partial charge in [0.05, 0.1) is 17.2 Å². The predicted octanol–water partition coefficient (Wildman–Crippen LogP) is 6.67. The average Bonchev–Trinajstić information content (AvgIpc) is 2.98. The summed E-state index contributed by atoms with van der Waals surface area (Å²) in [4.78, 5) is 39.2. The highest BCUT2D eigenvalue weighted by Gasteiger charge is 2.39. The van der Waals surface area contributed by atoms with Crippen LogP contribution in [-0.2, 0) is 23.6 Å². The largest absolute Gasteiger partial charge is 0.416 e. The Morgan fingerprint density at radius 1 is 0.977 bits per heavy atom. The molecule has 3 aromatic rings. The number of likely N-dealkylation sites (tertiary alicyclic amines) is 1. The van der Waals surface area contributed by atoms with Gasteiger partial charge in [-0.25, -0.2) is 19.2 Å². The van der Waals surface area contributed by atoms with Gasteiger partial charge in [0, 0.05) is 39.3 Å². The molecule has 7 nitrogen and oxygen atoms in total. The Morgan fingerprint density at radius 2 is 1.64 bits per heavy atom. The number of hydrogen-bond acceptors (Lipinski definition) is 4. The first kappa shape index (κ1) is 32.7. The van der Waals surface area contributed by atoms with Crippen LogP contribution in [0.1, 0.15) is 46.7 Å². The summed E-state index contributed by atoms with van der Waals surface area (Å²) in [5.41, 5.74) is -1.92. The Bertz CT molecular complexity index is 1470. The van der Waals surface area contributed by atoms with Gasteiger partial charge in [-0.05, 0) is 79.3 Å². The van der Waals surface area contributed by atoms with Crippen molar-refractivity contribution in [2.24, 2.45) is 5.92 Å². The number of carbonyl (C=O) groups excluding carboxylic acids is 2. The van der Waals surface area contributed by atoms with E-state index in [9.17, 15) is 40.3 Å². The molecule has 0 spiro atoms. The van der Waals surface area contributed by atoms with E-state index < -0.39 is 47.3 Å². The van der Waals surface area contributed by atoms with E-state index in [1.54, 1.807) is 20.0 Å². The summed E-state index contributed by atoms with van der Waals surface area (Å²) in [5.74, 6) is -0.850. The maximum atomic E-state index is 14.0. The molecule has 0 saturated carbocycles. The predicted molar refractivity (Wildman–Crippen MR) is 147 cm³/mol. The fourth-order valence-electron chi connectivity index (χ4n) is 5.37. The fraction of sp³-hybridized carbons (Fsp3) is 0.400. The Hall–Kier alpha value is -4.23. The van der Waals surface area contributed by atoms with Crippen molar-refractivity contribution in [2.75, 3.05) is 32.1 Å². The summed E-state index contributed by atoms with van der Waals surface area (Å²) in [6, 6.07) is 5.83. The Labute approximate surface area is 249 Å². The third-order valence-electron chi connectivity index (χ3n) is 7.74. The fourth-order valence-corrected chi connectivity index (χ4v) is 5.37. The maximum absolute atomic E-state index is 14.0. The SMILES string of the molecule is Cc1cc(F)ccc1[C@H]1C[C@@H](C(=O)N(C)c2ccncn2)CCN1C(=O)N(C)CCc1cc(C(F)(F)F)cc(C(F)(F)F)c1. The molecule has 44 heavy (non-hydrogen) atoms. The monoisotopic (exact) mass is 625 g/mol. The second-order valence-corrected chi connectivity index (χ2v) is 10.8. The van der Waals surface area contributed by atoms with Crippen LogP contribution in [-0.4, -0.2) is 58.9 Å². The average molecular weight is 626 g/mol. The van der Waals surface area contributed by atoms with Gasteiger partial charge in [0.2, 0.25) is 5.91 Å². The molecule has 1 saturated heterocycles. The van der Waals surface area contributed by atoms with Crippen LogP contribution in [0.15, 0.2) is 55.0 Å². The molecule has 1 aliphatic rings. The number of piperidine rings is 1. The number of hydrogen-bond donors (Lipinski definition) is 0. The van der Waals surface area contributed by atoms with Gasteiger partial charge in [-0.2, -0.15) is 26.3 Å². The molecule has 0 unspecified atom stereocenters. The number of halogens is 7. The number of likely N-dealkylation sites (N-methyl/N-ethyl adjacent to an activating group) is 1. The van der Waals surface area contributed by atoms with Gasteiger partial charge in [-0.1, -0.05) is 6.07 Å². The molecule has 1 fully saturated rings. The van der Waals surface area contributed by atoms with Crippen LogP contribution in [0.5, 0.6) is 0 Å². The second kappa shape index (κ2) is 12.8. The van der Waals surface area contributed by atoms with Crippen molar-refractivity contribution in [2.45, 2.75) is 44.6 Å². The molecule has 0 N–H and O–H groups in total. The molecule has 14 heteroatoms. The summed E-state index contributed by atoms with van der Waals surface area (Å²) in [5, 5.41) is 0. The summed E-state index contributed by atoms with van der Waals surface area (Å²) in [6.07, 6.45) is -6.95. The van der Waals surface area contributed by atoms with Crippen LogP contribution in [0.3, 0.4) is 0 Å². The third kappa shape index (κ3) is 7.45. The number of rotatable bonds is 6. The molecule has 0 bridgehead atoms. The highest BCUT2D eigenvalue weighted by molar-refractivity contribution is 5.93. The number of benzene rings is 2. The zero-order chi connectivity index (χ0) is 32.4. The van der Waals surface area contributed by atoms with Crippen molar-refractivity contribution < 1.29 is 40.3 Å². The minimum absolute atomic E-state index is 0.0572. The van der Waals surface area contributed by atoms with Crippen LogP contribution in [0.4, 0.5) is 41.3 Å². The molecule has 2 aromatic carbocycles. The summed E-state index contributed by atoms with van der Waals surface area (Å²) in [7, 11) is 2.97. The van der Waals surface area contributed by atoms with E-state index in [0.29, 0.717) is 29.1 Å². The van der Waals surface area contributed by atoms with Crippen molar-refractivity contribution in [3.8, 4) is 0 Å². The molecule has 0 radical (unpaired) electrons. The van der Waals surface area contributed by atoms with Gasteiger partial charge in [0.15, 0.2) is 0 Å². The standard InChI is InChI=1S/C30H30F7N5O2/c1-18-12-23(31)4-5-24(18)25-15-20(27(43)41(3)26-6-9-38-17-39-26)8-11-42(25)28(44)40(2)10-7-19-13-21(29(32,33)34)16-22(14-19)30(35,36)37/h4-6,9,12-14,16-17,20,25H,7-8,10-11,15H2,1-3H3/t20-,25+/m0/s1. The number of alkyl halides is 6. The lowest BCUT2D eigenvalue weighted by Gasteiger charge is -2.42. The molecular weight excluding hydrogens is 595 g/mol. The Morgan fingerprint density at radius 3 is 2.20 bits per heavy atom. The lowest BCUT2D eigenvalue weighted by molar-refractivity contribution is -0.143. The van der Waals surface area contributed by atoms with Crippen molar-refractivity contribution in [3.63, 3.8) is 0 Å². The molecule has 1 aliphatic heterocycles. The summed E-state index contributed by atoms with van der Waals surface area (Å²) >= 11 is 0. The second-order valence-electron chi connectivity index (χ2n) is 10.8. The van der Waals surface area contributed by atoms with Gasteiger partial charge in [-0.15, -0.1) is 0 Å². The van der Waals surface area contributed by atoms with E-state index >= 15 is 0 Å². The first-order valence-corrected chi connectivity index (χ1v) is 13.7. The molecule has 0 aliphatic carbocycles. The smallest absolute Gasteiger partial charge is 0.327 e. The Balaban J connectivity index is 1.56. The number of aromatic nitrogens is 2. The number of anilines is 1. The highest BCUT2D eigenvalue weighted by Crippen LogP contribution is 2.39. The van der Waals surface area contributed by atoms with Crippen LogP contribution in [0, 0.1) is 18.7 Å². The quantitative estimate of drug-likeness (QED) is 0.287. The van der Waals surface area contributed by atoms with Crippen molar-refractivity contribution >= 4 is 17.8 Å². The zero-order valence-electron chi connectivity index (χ0n) is 24.1. The Kier molecular flexibility index (Phi) is 9.50. The summed E-state index contributed by atoms with van der Waals surface area (Å²) in [6.45, 7) is 1.62. The maximum Gasteiger partial charge on any atom is 0.416 e. The van der Waals surface area contributed by atoms with Crippen LogP contribution >= 0.6 is 0 Å². The third-order valence-corrected chi connectivity index (χ3v) is 7.74. The van der Waals surface area contributed by atoms with Gasteiger partial charge in [0.25, 0.3) is 0 Å². The van der Waals surface area contributed by atoms with E-state index in [1.165, 1.54) is 52.5 Å².